The molecule has 0 atom stereocenters. The molecule has 0 spiro atoms. The van der Waals surface area contributed by atoms with E-state index in [4.69, 9.17) is 9.47 Å². The van der Waals surface area contributed by atoms with Crippen LogP contribution in [0.25, 0.3) is 10.6 Å². The summed E-state index contributed by atoms with van der Waals surface area (Å²) in [5.41, 5.74) is 0.993. The van der Waals surface area contributed by atoms with Gasteiger partial charge >= 0.3 is 5.97 Å². The van der Waals surface area contributed by atoms with Crippen molar-refractivity contribution in [3.63, 3.8) is 0 Å². The van der Waals surface area contributed by atoms with Crippen LogP contribution in [0, 0.1) is 6.92 Å². The largest absolute Gasteiger partial charge is 0.490 e. The highest BCUT2D eigenvalue weighted by Crippen LogP contribution is 2.30. The van der Waals surface area contributed by atoms with Crippen LogP contribution in [0.15, 0.2) is 24.4 Å². The van der Waals surface area contributed by atoms with Crippen LogP contribution >= 0.6 is 11.3 Å². The first-order valence-electron chi connectivity index (χ1n) is 7.17. The molecule has 2 heterocycles. The molecule has 1 aromatic heterocycles. The van der Waals surface area contributed by atoms with Gasteiger partial charge in [-0.05, 0) is 25.1 Å². The monoisotopic (exact) mass is 319 g/mol. The molecule has 3 rings (SSSR count). The smallest absolute Gasteiger partial charge is 0.335 e. The molecular weight excluding hydrogens is 302 g/mol. The summed E-state index contributed by atoms with van der Waals surface area (Å²) in [6, 6.07) is 5.07. The summed E-state index contributed by atoms with van der Waals surface area (Å²) in [7, 11) is 0. The lowest BCUT2D eigenvalue weighted by Gasteiger charge is -2.23. The summed E-state index contributed by atoms with van der Waals surface area (Å²) in [6.45, 7) is 3.34. The predicted molar refractivity (Wildman–Crippen MR) is 83.7 cm³/mol. The molecule has 0 amide bonds. The van der Waals surface area contributed by atoms with Crippen LogP contribution in [0.2, 0.25) is 0 Å². The van der Waals surface area contributed by atoms with Crippen molar-refractivity contribution in [2.75, 3.05) is 13.2 Å². The fourth-order valence-electron chi connectivity index (χ4n) is 2.39. The maximum atomic E-state index is 11.3. The summed E-state index contributed by atoms with van der Waals surface area (Å²) in [4.78, 5) is 16.8. The zero-order chi connectivity index (χ0) is 15.5. The van der Waals surface area contributed by atoms with E-state index in [2.05, 4.69) is 4.98 Å². The molecule has 0 aliphatic carbocycles. The lowest BCUT2D eigenvalue weighted by atomic mass is 10.1. The molecule has 116 valence electrons. The Morgan fingerprint density at radius 1 is 1.36 bits per heavy atom. The SMILES string of the molecule is Cc1cnc(-c2cc(OC3CCOCC3)cc(C(=O)O)c2)s1. The van der Waals surface area contributed by atoms with Crippen LogP contribution in [-0.4, -0.2) is 35.4 Å². The number of hydrogen-bond acceptors (Lipinski definition) is 5. The fraction of sp³-hybridized carbons (Fsp3) is 0.375. The maximum absolute atomic E-state index is 11.3. The van der Waals surface area contributed by atoms with E-state index in [0.29, 0.717) is 19.0 Å². The zero-order valence-electron chi connectivity index (χ0n) is 12.2. The van der Waals surface area contributed by atoms with Gasteiger partial charge in [-0.15, -0.1) is 11.3 Å². The fourth-order valence-corrected chi connectivity index (χ4v) is 3.14. The molecule has 0 radical (unpaired) electrons. The van der Waals surface area contributed by atoms with Crippen LogP contribution in [0.5, 0.6) is 5.75 Å². The highest BCUT2D eigenvalue weighted by atomic mass is 32.1. The minimum absolute atomic E-state index is 0.0728. The molecule has 0 unspecified atom stereocenters. The van der Waals surface area contributed by atoms with Gasteiger partial charge in [0.1, 0.15) is 16.9 Å². The van der Waals surface area contributed by atoms with Gasteiger partial charge in [0.15, 0.2) is 0 Å². The van der Waals surface area contributed by atoms with Gasteiger partial charge in [-0.2, -0.15) is 0 Å². The normalized spacial score (nSPS) is 15.7. The predicted octanol–water partition coefficient (Wildman–Crippen LogP) is 3.37. The number of hydrogen-bond donors (Lipinski definition) is 1. The van der Waals surface area contributed by atoms with Crippen LogP contribution in [0.4, 0.5) is 0 Å². The van der Waals surface area contributed by atoms with Crippen molar-refractivity contribution in [3.05, 3.63) is 34.8 Å². The van der Waals surface area contributed by atoms with E-state index < -0.39 is 5.97 Å². The number of nitrogens with zero attached hydrogens (tertiary/aromatic N) is 1. The molecule has 22 heavy (non-hydrogen) atoms. The summed E-state index contributed by atoms with van der Waals surface area (Å²) < 4.78 is 11.3. The van der Waals surface area contributed by atoms with Gasteiger partial charge in [0.05, 0.1) is 18.8 Å². The van der Waals surface area contributed by atoms with Crippen molar-refractivity contribution in [2.24, 2.45) is 0 Å². The number of aromatic carboxylic acids is 1. The summed E-state index contributed by atoms with van der Waals surface area (Å²) in [5, 5.41) is 10.1. The highest BCUT2D eigenvalue weighted by molar-refractivity contribution is 7.14. The van der Waals surface area contributed by atoms with Gasteiger partial charge in [0, 0.05) is 29.5 Å². The van der Waals surface area contributed by atoms with Crippen molar-refractivity contribution in [2.45, 2.75) is 25.9 Å². The number of carbonyl (C=O) groups is 1. The first-order chi connectivity index (χ1) is 10.6. The van der Waals surface area contributed by atoms with E-state index in [1.54, 1.807) is 18.3 Å². The summed E-state index contributed by atoms with van der Waals surface area (Å²) in [6.07, 6.45) is 3.50. The van der Waals surface area contributed by atoms with Crippen molar-refractivity contribution in [3.8, 4) is 16.3 Å². The standard InChI is InChI=1S/C16H17NO4S/c1-10-9-17-15(22-10)11-6-12(16(18)19)8-14(7-11)21-13-2-4-20-5-3-13/h6-9,13H,2-5H2,1H3,(H,18,19). The lowest BCUT2D eigenvalue weighted by Crippen LogP contribution is -2.25. The number of benzene rings is 1. The number of carboxylic acids is 1. The topological polar surface area (TPSA) is 68.7 Å². The maximum Gasteiger partial charge on any atom is 0.335 e. The van der Waals surface area contributed by atoms with Gasteiger partial charge in [0.2, 0.25) is 0 Å². The number of aromatic nitrogens is 1. The van der Waals surface area contributed by atoms with Gasteiger partial charge < -0.3 is 14.6 Å². The van der Waals surface area contributed by atoms with Gasteiger partial charge in [-0.25, -0.2) is 9.78 Å². The van der Waals surface area contributed by atoms with Crippen molar-refractivity contribution in [1.29, 1.82) is 0 Å². The Kier molecular flexibility index (Phi) is 4.40. The number of rotatable bonds is 4. The summed E-state index contributed by atoms with van der Waals surface area (Å²) >= 11 is 1.54. The molecule has 2 aromatic rings. The Balaban J connectivity index is 1.91. The van der Waals surface area contributed by atoms with Crippen LogP contribution in [0.3, 0.4) is 0 Å². The molecule has 6 heteroatoms. The Morgan fingerprint density at radius 2 is 2.14 bits per heavy atom. The van der Waals surface area contributed by atoms with Gasteiger partial charge in [-0.3, -0.25) is 0 Å². The average Bonchev–Trinajstić information content (AvgIpc) is 2.94. The molecule has 1 aromatic carbocycles. The summed E-state index contributed by atoms with van der Waals surface area (Å²) in [5.74, 6) is -0.387. The lowest BCUT2D eigenvalue weighted by molar-refractivity contribution is 0.0255. The molecule has 5 nitrogen and oxygen atoms in total. The minimum Gasteiger partial charge on any atom is -0.490 e. The molecule has 0 bridgehead atoms. The van der Waals surface area contributed by atoms with Gasteiger partial charge in [-0.1, -0.05) is 0 Å². The van der Waals surface area contributed by atoms with Crippen molar-refractivity contribution >= 4 is 17.3 Å². The molecule has 1 fully saturated rings. The van der Waals surface area contributed by atoms with Crippen molar-refractivity contribution < 1.29 is 19.4 Å². The second-order valence-corrected chi connectivity index (χ2v) is 6.49. The number of ether oxygens (including phenoxy) is 2. The van der Waals surface area contributed by atoms with E-state index in [1.807, 2.05) is 13.0 Å². The molecular formula is C16H17NO4S. The van der Waals surface area contributed by atoms with Crippen LogP contribution in [0.1, 0.15) is 28.1 Å². The molecule has 1 N–H and O–H groups in total. The van der Waals surface area contributed by atoms with Crippen LogP contribution < -0.4 is 4.74 Å². The van der Waals surface area contributed by atoms with Crippen LogP contribution in [-0.2, 0) is 4.74 Å². The Bertz CT molecular complexity index is 677. The molecule has 1 aliphatic heterocycles. The Morgan fingerprint density at radius 3 is 2.77 bits per heavy atom. The number of thiazole rings is 1. The van der Waals surface area contributed by atoms with E-state index in [9.17, 15) is 9.90 Å². The highest BCUT2D eigenvalue weighted by Gasteiger charge is 2.17. The third kappa shape index (κ3) is 3.45. The third-order valence-corrected chi connectivity index (χ3v) is 4.45. The average molecular weight is 319 g/mol. The molecule has 0 saturated carbocycles. The Hall–Kier alpha value is -1.92. The van der Waals surface area contributed by atoms with E-state index in [0.717, 1.165) is 28.3 Å². The Labute approximate surface area is 132 Å². The minimum atomic E-state index is -0.966. The van der Waals surface area contributed by atoms with Gasteiger partial charge in [0.25, 0.3) is 0 Å². The van der Waals surface area contributed by atoms with Crippen molar-refractivity contribution in [1.82, 2.24) is 4.98 Å². The first kappa shape index (κ1) is 15.0. The molecule has 1 aliphatic rings. The molecule has 1 saturated heterocycles. The quantitative estimate of drug-likeness (QED) is 0.935. The second kappa shape index (κ2) is 6.46. The van der Waals surface area contributed by atoms with E-state index in [-0.39, 0.29) is 11.7 Å². The van der Waals surface area contributed by atoms with E-state index >= 15 is 0 Å². The first-order valence-corrected chi connectivity index (χ1v) is 7.99. The number of carboxylic acid groups (broad SMARTS) is 1. The third-order valence-electron chi connectivity index (χ3n) is 3.49. The van der Waals surface area contributed by atoms with E-state index in [1.165, 1.54) is 11.3 Å². The second-order valence-electron chi connectivity index (χ2n) is 5.26. The zero-order valence-corrected chi connectivity index (χ0v) is 13.1. The number of aryl methyl sites for hydroxylation is 1.